The molecule has 0 bridgehead atoms. The number of morpholine rings is 1. The molecule has 1 fully saturated rings. The van der Waals surface area contributed by atoms with Crippen LogP contribution in [0.5, 0.6) is 0 Å². The quantitative estimate of drug-likeness (QED) is 0.850. The standard InChI is InChI=1S/C20H27N3O2/c1-20(2,3)18-12-23(19-10-16(13-24-4)21-14-22-19)11-17(25-18)15-8-6-5-7-9-15/h5-10,14,17-18H,11-13H2,1-4H3/t17-,18+/m0/s1. The first-order chi connectivity index (χ1) is 12.0. The van der Waals surface area contributed by atoms with Crippen molar-refractivity contribution in [2.75, 3.05) is 25.1 Å². The lowest BCUT2D eigenvalue weighted by atomic mass is 9.87. The number of hydrogen-bond acceptors (Lipinski definition) is 5. The average molecular weight is 341 g/mol. The van der Waals surface area contributed by atoms with E-state index in [1.165, 1.54) is 5.56 Å². The number of aromatic nitrogens is 2. The van der Waals surface area contributed by atoms with Gasteiger partial charge in [-0.2, -0.15) is 0 Å². The summed E-state index contributed by atoms with van der Waals surface area (Å²) in [5.74, 6) is 0.931. The second kappa shape index (κ2) is 7.50. The van der Waals surface area contributed by atoms with Gasteiger partial charge in [-0.25, -0.2) is 9.97 Å². The third kappa shape index (κ3) is 4.35. The van der Waals surface area contributed by atoms with Crippen LogP contribution in [0.25, 0.3) is 0 Å². The molecule has 0 amide bonds. The molecule has 2 aromatic rings. The van der Waals surface area contributed by atoms with E-state index in [4.69, 9.17) is 9.47 Å². The Kier molecular flexibility index (Phi) is 5.35. The van der Waals surface area contributed by atoms with Crippen LogP contribution >= 0.6 is 0 Å². The first-order valence-electron chi connectivity index (χ1n) is 8.72. The lowest BCUT2D eigenvalue weighted by Gasteiger charge is -2.44. The molecule has 2 heterocycles. The molecule has 5 nitrogen and oxygen atoms in total. The number of anilines is 1. The van der Waals surface area contributed by atoms with Crippen molar-refractivity contribution in [3.8, 4) is 0 Å². The van der Waals surface area contributed by atoms with E-state index in [-0.39, 0.29) is 17.6 Å². The Labute approximate surface area is 150 Å². The number of nitrogens with zero attached hydrogens (tertiary/aromatic N) is 3. The average Bonchev–Trinajstić information content (AvgIpc) is 2.62. The third-order valence-corrected chi connectivity index (χ3v) is 4.56. The van der Waals surface area contributed by atoms with Crippen molar-refractivity contribution in [2.45, 2.75) is 39.6 Å². The van der Waals surface area contributed by atoms with Crippen molar-refractivity contribution in [2.24, 2.45) is 5.41 Å². The molecule has 0 saturated carbocycles. The van der Waals surface area contributed by atoms with E-state index in [0.717, 1.165) is 24.6 Å². The van der Waals surface area contributed by atoms with Gasteiger partial charge < -0.3 is 14.4 Å². The van der Waals surface area contributed by atoms with Crippen molar-refractivity contribution in [3.05, 3.63) is 54.0 Å². The van der Waals surface area contributed by atoms with Crippen LogP contribution in [-0.4, -0.2) is 36.3 Å². The normalized spacial score (nSPS) is 21.4. The molecule has 0 aliphatic carbocycles. The van der Waals surface area contributed by atoms with Crippen LogP contribution in [0.1, 0.15) is 38.1 Å². The van der Waals surface area contributed by atoms with Crippen molar-refractivity contribution >= 4 is 5.82 Å². The maximum absolute atomic E-state index is 6.46. The summed E-state index contributed by atoms with van der Waals surface area (Å²) in [5, 5.41) is 0. The smallest absolute Gasteiger partial charge is 0.132 e. The van der Waals surface area contributed by atoms with Crippen LogP contribution in [-0.2, 0) is 16.1 Å². The van der Waals surface area contributed by atoms with Crippen LogP contribution in [0, 0.1) is 5.41 Å². The molecular weight excluding hydrogens is 314 g/mol. The van der Waals surface area contributed by atoms with E-state index in [1.54, 1.807) is 13.4 Å². The van der Waals surface area contributed by atoms with Gasteiger partial charge in [0.1, 0.15) is 18.2 Å². The lowest BCUT2D eigenvalue weighted by Crippen LogP contribution is -2.49. The van der Waals surface area contributed by atoms with Crippen molar-refractivity contribution in [3.63, 3.8) is 0 Å². The van der Waals surface area contributed by atoms with E-state index in [2.05, 4.69) is 59.9 Å². The van der Waals surface area contributed by atoms with Gasteiger partial charge in [0.15, 0.2) is 0 Å². The van der Waals surface area contributed by atoms with E-state index in [9.17, 15) is 0 Å². The highest BCUT2D eigenvalue weighted by molar-refractivity contribution is 5.41. The minimum atomic E-state index is 0.0278. The zero-order valence-electron chi connectivity index (χ0n) is 15.5. The largest absolute Gasteiger partial charge is 0.378 e. The predicted molar refractivity (Wildman–Crippen MR) is 98.5 cm³/mol. The highest BCUT2D eigenvalue weighted by Gasteiger charge is 2.36. The van der Waals surface area contributed by atoms with Gasteiger partial charge in [-0.3, -0.25) is 0 Å². The molecule has 0 N–H and O–H groups in total. The van der Waals surface area contributed by atoms with Gasteiger partial charge in [-0.05, 0) is 11.0 Å². The lowest BCUT2D eigenvalue weighted by molar-refractivity contribution is -0.0792. The number of rotatable bonds is 4. The first-order valence-corrected chi connectivity index (χ1v) is 8.72. The molecule has 1 aromatic heterocycles. The molecular formula is C20H27N3O2. The summed E-state index contributed by atoms with van der Waals surface area (Å²) in [6.45, 7) is 8.75. The van der Waals surface area contributed by atoms with Crippen molar-refractivity contribution in [1.29, 1.82) is 0 Å². The Morgan fingerprint density at radius 1 is 1.16 bits per heavy atom. The second-order valence-electron chi connectivity index (χ2n) is 7.60. The Balaban J connectivity index is 1.88. The van der Waals surface area contributed by atoms with E-state index < -0.39 is 0 Å². The van der Waals surface area contributed by atoms with Crippen LogP contribution in [0.4, 0.5) is 5.82 Å². The summed E-state index contributed by atoms with van der Waals surface area (Å²) in [4.78, 5) is 11.1. The molecule has 5 heteroatoms. The minimum Gasteiger partial charge on any atom is -0.378 e. The molecule has 3 rings (SSSR count). The molecule has 25 heavy (non-hydrogen) atoms. The predicted octanol–water partition coefficient (Wildman–Crippen LogP) is 3.62. The Hall–Kier alpha value is -1.98. The van der Waals surface area contributed by atoms with Gasteiger partial charge in [0.05, 0.1) is 18.4 Å². The fourth-order valence-electron chi connectivity index (χ4n) is 3.06. The number of ether oxygens (including phenoxy) is 2. The van der Waals surface area contributed by atoms with Gasteiger partial charge in [0.2, 0.25) is 0 Å². The van der Waals surface area contributed by atoms with Gasteiger partial charge in [0.25, 0.3) is 0 Å². The highest BCUT2D eigenvalue weighted by Crippen LogP contribution is 2.34. The van der Waals surface area contributed by atoms with Gasteiger partial charge in [-0.1, -0.05) is 51.1 Å². The molecule has 1 aromatic carbocycles. The third-order valence-electron chi connectivity index (χ3n) is 4.56. The highest BCUT2D eigenvalue weighted by atomic mass is 16.5. The summed E-state index contributed by atoms with van der Waals surface area (Å²) in [6, 6.07) is 12.4. The van der Waals surface area contributed by atoms with Crippen LogP contribution in [0.3, 0.4) is 0 Å². The van der Waals surface area contributed by atoms with Gasteiger partial charge >= 0.3 is 0 Å². The second-order valence-corrected chi connectivity index (χ2v) is 7.60. The van der Waals surface area contributed by atoms with Crippen LogP contribution in [0.2, 0.25) is 0 Å². The fraction of sp³-hybridized carbons (Fsp3) is 0.500. The number of hydrogen-bond donors (Lipinski definition) is 0. The molecule has 1 aliphatic heterocycles. The van der Waals surface area contributed by atoms with E-state index in [0.29, 0.717) is 6.61 Å². The summed E-state index contributed by atoms with van der Waals surface area (Å²) in [7, 11) is 1.68. The molecule has 134 valence electrons. The summed E-state index contributed by atoms with van der Waals surface area (Å²) >= 11 is 0. The molecule has 0 spiro atoms. The van der Waals surface area contributed by atoms with Crippen molar-refractivity contribution in [1.82, 2.24) is 9.97 Å². The summed E-state index contributed by atoms with van der Waals surface area (Å²) < 4.78 is 11.7. The molecule has 1 saturated heterocycles. The Morgan fingerprint density at radius 3 is 2.60 bits per heavy atom. The minimum absolute atomic E-state index is 0.0278. The van der Waals surface area contributed by atoms with Crippen LogP contribution < -0.4 is 4.90 Å². The monoisotopic (exact) mass is 341 g/mol. The zero-order valence-corrected chi connectivity index (χ0v) is 15.5. The summed E-state index contributed by atoms with van der Waals surface area (Å²) in [5.41, 5.74) is 2.14. The number of benzene rings is 1. The SMILES string of the molecule is COCc1cc(N2C[C@@H](c3ccccc3)O[C@@H](C(C)(C)C)C2)ncn1. The van der Waals surface area contributed by atoms with E-state index in [1.807, 2.05) is 12.1 Å². The maximum atomic E-state index is 6.46. The topological polar surface area (TPSA) is 47.5 Å². The van der Waals surface area contributed by atoms with Gasteiger partial charge in [0, 0.05) is 26.3 Å². The summed E-state index contributed by atoms with van der Waals surface area (Å²) in [6.07, 6.45) is 1.76. The molecule has 0 radical (unpaired) electrons. The number of methoxy groups -OCH3 is 1. The fourth-order valence-corrected chi connectivity index (χ4v) is 3.06. The van der Waals surface area contributed by atoms with Crippen LogP contribution in [0.15, 0.2) is 42.7 Å². The van der Waals surface area contributed by atoms with E-state index >= 15 is 0 Å². The van der Waals surface area contributed by atoms with Crippen molar-refractivity contribution < 1.29 is 9.47 Å². The Morgan fingerprint density at radius 2 is 1.92 bits per heavy atom. The van der Waals surface area contributed by atoms with Gasteiger partial charge in [-0.15, -0.1) is 0 Å². The maximum Gasteiger partial charge on any atom is 0.132 e. The molecule has 1 aliphatic rings. The molecule has 2 atom stereocenters. The zero-order chi connectivity index (χ0) is 17.9. The first kappa shape index (κ1) is 17.8. The molecule has 0 unspecified atom stereocenters. The Bertz CT molecular complexity index is 685.